The third-order valence-electron chi connectivity index (χ3n) is 1.64. The van der Waals surface area contributed by atoms with Gasteiger partial charge in [0.1, 0.15) is 0 Å². The van der Waals surface area contributed by atoms with Gasteiger partial charge in [-0.25, -0.2) is 0 Å². The van der Waals surface area contributed by atoms with E-state index in [1.807, 2.05) is 0 Å². The summed E-state index contributed by atoms with van der Waals surface area (Å²) in [7, 11) is 0. The highest BCUT2D eigenvalue weighted by Gasteiger charge is 2.13. The van der Waals surface area contributed by atoms with Crippen LogP contribution in [0.3, 0.4) is 0 Å². The molecule has 0 radical (unpaired) electrons. The van der Waals surface area contributed by atoms with Crippen LogP contribution in [0.15, 0.2) is 0 Å². The third kappa shape index (κ3) is 4.83. The number of hydrogen-bond donors (Lipinski definition) is 1. The van der Waals surface area contributed by atoms with Crippen molar-refractivity contribution < 1.29 is 0 Å². The summed E-state index contributed by atoms with van der Waals surface area (Å²) in [4.78, 5) is 0. The lowest BCUT2D eigenvalue weighted by Gasteiger charge is -2.20. The average Bonchev–Trinajstić information content (AvgIpc) is 1.84. The second kappa shape index (κ2) is 4.21. The lowest BCUT2D eigenvalue weighted by atomic mass is 9.90. The molecule has 0 aromatic rings. The molecule has 0 spiro atoms. The van der Waals surface area contributed by atoms with Crippen LogP contribution >= 0.6 is 12.6 Å². The Hall–Kier alpha value is 0.350. The van der Waals surface area contributed by atoms with Crippen molar-refractivity contribution in [2.24, 2.45) is 5.41 Å². The highest BCUT2D eigenvalue weighted by Crippen LogP contribution is 2.23. The van der Waals surface area contributed by atoms with Gasteiger partial charge >= 0.3 is 0 Å². The van der Waals surface area contributed by atoms with E-state index in [0.717, 1.165) is 5.75 Å². The van der Waals surface area contributed by atoms with Gasteiger partial charge in [0.2, 0.25) is 0 Å². The molecular formula is C8H18S. The molecule has 0 amide bonds. The monoisotopic (exact) mass is 146 g/mol. The molecular weight excluding hydrogens is 128 g/mol. The molecule has 0 bridgehead atoms. The zero-order valence-corrected chi connectivity index (χ0v) is 7.67. The summed E-state index contributed by atoms with van der Waals surface area (Å²) in [5.74, 6) is 1.01. The molecule has 0 aliphatic rings. The fourth-order valence-corrected chi connectivity index (χ4v) is 0.893. The van der Waals surface area contributed by atoms with Gasteiger partial charge in [-0.2, -0.15) is 12.6 Å². The second-order valence-electron chi connectivity index (χ2n) is 3.43. The summed E-state index contributed by atoms with van der Waals surface area (Å²) < 4.78 is 0. The van der Waals surface area contributed by atoms with Gasteiger partial charge in [-0.1, -0.05) is 33.6 Å². The maximum atomic E-state index is 4.27. The van der Waals surface area contributed by atoms with Gasteiger partial charge in [-0.05, 0) is 17.6 Å². The van der Waals surface area contributed by atoms with Crippen LogP contribution in [0, 0.1) is 5.41 Å². The van der Waals surface area contributed by atoms with E-state index in [-0.39, 0.29) is 0 Å². The van der Waals surface area contributed by atoms with Crippen molar-refractivity contribution >= 4 is 12.6 Å². The SMILES string of the molecule is CCCCC(C)(C)CS. The van der Waals surface area contributed by atoms with Gasteiger partial charge in [0, 0.05) is 0 Å². The van der Waals surface area contributed by atoms with Gasteiger partial charge in [-0.3, -0.25) is 0 Å². The highest BCUT2D eigenvalue weighted by molar-refractivity contribution is 7.80. The minimum Gasteiger partial charge on any atom is -0.179 e. The van der Waals surface area contributed by atoms with E-state index in [1.54, 1.807) is 0 Å². The number of unbranched alkanes of at least 4 members (excludes halogenated alkanes) is 1. The number of hydrogen-bond acceptors (Lipinski definition) is 1. The van der Waals surface area contributed by atoms with E-state index >= 15 is 0 Å². The van der Waals surface area contributed by atoms with Gasteiger partial charge in [0.05, 0.1) is 0 Å². The summed E-state index contributed by atoms with van der Waals surface area (Å²) in [5, 5.41) is 0. The molecule has 0 heterocycles. The summed E-state index contributed by atoms with van der Waals surface area (Å²) in [6.45, 7) is 6.78. The van der Waals surface area contributed by atoms with Crippen LogP contribution in [-0.2, 0) is 0 Å². The van der Waals surface area contributed by atoms with E-state index in [0.29, 0.717) is 5.41 Å². The average molecular weight is 146 g/mol. The molecule has 0 rings (SSSR count). The Kier molecular flexibility index (Phi) is 4.37. The Morgan fingerprint density at radius 3 is 2.22 bits per heavy atom. The van der Waals surface area contributed by atoms with Crippen molar-refractivity contribution in [1.82, 2.24) is 0 Å². The maximum absolute atomic E-state index is 4.27. The molecule has 0 atom stereocenters. The van der Waals surface area contributed by atoms with Crippen molar-refractivity contribution in [1.29, 1.82) is 0 Å². The first kappa shape index (κ1) is 9.35. The molecule has 1 heteroatoms. The van der Waals surface area contributed by atoms with Crippen molar-refractivity contribution in [3.63, 3.8) is 0 Å². The molecule has 0 aliphatic heterocycles. The minimum absolute atomic E-state index is 0.457. The quantitative estimate of drug-likeness (QED) is 0.579. The van der Waals surface area contributed by atoms with Gasteiger partial charge in [0.25, 0.3) is 0 Å². The predicted octanol–water partition coefficient (Wildman–Crippen LogP) is 3.13. The van der Waals surface area contributed by atoms with Gasteiger partial charge < -0.3 is 0 Å². The van der Waals surface area contributed by atoms with Crippen LogP contribution in [0.4, 0.5) is 0 Å². The van der Waals surface area contributed by atoms with Crippen LogP contribution in [0.1, 0.15) is 40.0 Å². The molecule has 0 saturated carbocycles. The maximum Gasteiger partial charge on any atom is -0.00464 e. The van der Waals surface area contributed by atoms with E-state index < -0.39 is 0 Å². The van der Waals surface area contributed by atoms with Crippen LogP contribution in [0.5, 0.6) is 0 Å². The summed E-state index contributed by atoms with van der Waals surface area (Å²) in [6, 6.07) is 0. The van der Waals surface area contributed by atoms with Crippen LogP contribution in [0.25, 0.3) is 0 Å². The molecule has 0 nitrogen and oxygen atoms in total. The molecule has 0 aliphatic carbocycles. The largest absolute Gasteiger partial charge is 0.179 e. The van der Waals surface area contributed by atoms with E-state index in [9.17, 15) is 0 Å². The normalized spacial score (nSPS) is 12.0. The van der Waals surface area contributed by atoms with Crippen LogP contribution < -0.4 is 0 Å². The van der Waals surface area contributed by atoms with Crippen LogP contribution in [0.2, 0.25) is 0 Å². The first-order valence-electron chi connectivity index (χ1n) is 3.73. The smallest absolute Gasteiger partial charge is 0.00464 e. The molecule has 56 valence electrons. The Bertz CT molecular complexity index is 67.0. The Morgan fingerprint density at radius 1 is 1.33 bits per heavy atom. The van der Waals surface area contributed by atoms with Crippen molar-refractivity contribution in [3.8, 4) is 0 Å². The lowest BCUT2D eigenvalue weighted by molar-refractivity contribution is 0.373. The summed E-state index contributed by atoms with van der Waals surface area (Å²) in [5.41, 5.74) is 0.457. The second-order valence-corrected chi connectivity index (χ2v) is 3.74. The Morgan fingerprint density at radius 2 is 1.89 bits per heavy atom. The topological polar surface area (TPSA) is 0 Å². The lowest BCUT2D eigenvalue weighted by Crippen LogP contribution is -2.12. The Labute approximate surface area is 64.4 Å². The molecule has 0 aromatic heterocycles. The molecule has 0 aromatic carbocycles. The fraction of sp³-hybridized carbons (Fsp3) is 1.00. The molecule has 0 unspecified atom stereocenters. The predicted molar refractivity (Wildman–Crippen MR) is 47.2 cm³/mol. The standard InChI is InChI=1S/C8H18S/c1-4-5-6-8(2,3)7-9/h9H,4-7H2,1-3H3. The fourth-order valence-electron chi connectivity index (χ4n) is 0.734. The molecule has 0 N–H and O–H groups in total. The van der Waals surface area contributed by atoms with E-state index in [4.69, 9.17) is 0 Å². The van der Waals surface area contributed by atoms with Gasteiger partial charge in [0.15, 0.2) is 0 Å². The van der Waals surface area contributed by atoms with Crippen molar-refractivity contribution in [2.75, 3.05) is 5.75 Å². The first-order chi connectivity index (χ1) is 4.12. The van der Waals surface area contributed by atoms with Crippen LogP contribution in [-0.4, -0.2) is 5.75 Å². The summed E-state index contributed by atoms with van der Waals surface area (Å²) in [6.07, 6.45) is 3.96. The highest BCUT2D eigenvalue weighted by atomic mass is 32.1. The zero-order chi connectivity index (χ0) is 7.33. The van der Waals surface area contributed by atoms with E-state index in [1.165, 1.54) is 19.3 Å². The number of thiol groups is 1. The zero-order valence-electron chi connectivity index (χ0n) is 6.78. The van der Waals surface area contributed by atoms with E-state index in [2.05, 4.69) is 33.4 Å². The number of rotatable bonds is 4. The molecule has 0 saturated heterocycles. The first-order valence-corrected chi connectivity index (χ1v) is 4.36. The minimum atomic E-state index is 0.457. The Balaban J connectivity index is 3.33. The summed E-state index contributed by atoms with van der Waals surface area (Å²) >= 11 is 4.27. The third-order valence-corrected chi connectivity index (χ3v) is 2.49. The van der Waals surface area contributed by atoms with Gasteiger partial charge in [-0.15, -0.1) is 0 Å². The van der Waals surface area contributed by atoms with Crippen molar-refractivity contribution in [2.45, 2.75) is 40.0 Å². The van der Waals surface area contributed by atoms with Crippen molar-refractivity contribution in [3.05, 3.63) is 0 Å². The molecule has 9 heavy (non-hydrogen) atoms. The molecule has 0 fully saturated rings.